The summed E-state index contributed by atoms with van der Waals surface area (Å²) in [5.41, 5.74) is 1.90. The smallest absolute Gasteiger partial charge is 0.0701 e. The first kappa shape index (κ1) is 17.5. The number of nitrogens with zero attached hydrogens (tertiary/aromatic N) is 1. The van der Waals surface area contributed by atoms with Crippen molar-refractivity contribution in [1.29, 1.82) is 0 Å². The van der Waals surface area contributed by atoms with Crippen LogP contribution < -0.4 is 5.32 Å². The molecule has 1 N–H and O–H groups in total. The van der Waals surface area contributed by atoms with E-state index in [1.165, 1.54) is 54.5 Å². The van der Waals surface area contributed by atoms with Crippen molar-refractivity contribution >= 4 is 27.3 Å². The van der Waals surface area contributed by atoms with Gasteiger partial charge in [-0.15, -0.1) is 11.3 Å². The molecule has 0 bridgehead atoms. The Labute approximate surface area is 142 Å². The molecule has 120 valence electrons. The van der Waals surface area contributed by atoms with E-state index in [1.54, 1.807) is 11.3 Å². The van der Waals surface area contributed by atoms with E-state index in [0.717, 1.165) is 6.54 Å². The number of halogens is 1. The minimum Gasteiger partial charge on any atom is -0.314 e. The Morgan fingerprint density at radius 1 is 1.33 bits per heavy atom. The highest BCUT2D eigenvalue weighted by Gasteiger charge is 2.33. The molecule has 21 heavy (non-hydrogen) atoms. The van der Waals surface area contributed by atoms with Gasteiger partial charge in [0.05, 0.1) is 3.79 Å². The molecule has 0 amide bonds. The van der Waals surface area contributed by atoms with E-state index in [9.17, 15) is 0 Å². The lowest BCUT2D eigenvalue weighted by atomic mass is 9.73. The SMILES string of the molecule is CC(C)NCC1(CN(C)Cc2csc(Br)c2)CCCCC1. The molecule has 1 aromatic rings. The second kappa shape index (κ2) is 8.09. The van der Waals surface area contributed by atoms with Crippen LogP contribution in [0.25, 0.3) is 0 Å². The van der Waals surface area contributed by atoms with Crippen LogP contribution in [0.2, 0.25) is 0 Å². The van der Waals surface area contributed by atoms with E-state index in [-0.39, 0.29) is 0 Å². The molecule has 0 aliphatic heterocycles. The molecule has 2 nitrogen and oxygen atoms in total. The van der Waals surface area contributed by atoms with Crippen molar-refractivity contribution in [3.05, 3.63) is 20.8 Å². The van der Waals surface area contributed by atoms with Gasteiger partial charge in [-0.2, -0.15) is 0 Å². The van der Waals surface area contributed by atoms with Crippen molar-refractivity contribution in [3.63, 3.8) is 0 Å². The first-order valence-corrected chi connectivity index (χ1v) is 9.81. The lowest BCUT2D eigenvalue weighted by molar-refractivity contribution is 0.111. The van der Waals surface area contributed by atoms with E-state index in [2.05, 4.69) is 58.5 Å². The van der Waals surface area contributed by atoms with Crippen molar-refractivity contribution in [2.24, 2.45) is 5.41 Å². The van der Waals surface area contributed by atoms with E-state index in [1.807, 2.05) is 0 Å². The molecule has 1 aromatic heterocycles. The van der Waals surface area contributed by atoms with Gasteiger partial charge in [-0.05, 0) is 58.2 Å². The van der Waals surface area contributed by atoms with Gasteiger partial charge in [0, 0.05) is 25.7 Å². The van der Waals surface area contributed by atoms with Crippen molar-refractivity contribution in [2.45, 2.75) is 58.5 Å². The fraction of sp³-hybridized carbons (Fsp3) is 0.765. The van der Waals surface area contributed by atoms with Crippen LogP contribution in [0.1, 0.15) is 51.5 Å². The lowest BCUT2D eigenvalue weighted by Gasteiger charge is -2.41. The Morgan fingerprint density at radius 2 is 2.05 bits per heavy atom. The van der Waals surface area contributed by atoms with Crippen LogP contribution in [0, 0.1) is 5.41 Å². The zero-order valence-electron chi connectivity index (χ0n) is 13.6. The third-order valence-corrected chi connectivity index (χ3v) is 6.03. The van der Waals surface area contributed by atoms with E-state index >= 15 is 0 Å². The van der Waals surface area contributed by atoms with Crippen molar-refractivity contribution in [3.8, 4) is 0 Å². The van der Waals surface area contributed by atoms with Crippen molar-refractivity contribution in [1.82, 2.24) is 10.2 Å². The van der Waals surface area contributed by atoms with Gasteiger partial charge in [-0.1, -0.05) is 33.1 Å². The Hall–Kier alpha value is 0.100. The average molecular weight is 373 g/mol. The molecular weight excluding hydrogens is 344 g/mol. The van der Waals surface area contributed by atoms with Crippen molar-refractivity contribution < 1.29 is 0 Å². The zero-order valence-corrected chi connectivity index (χ0v) is 16.0. The molecule has 0 saturated heterocycles. The van der Waals surface area contributed by atoms with Crippen LogP contribution in [0.4, 0.5) is 0 Å². The molecule has 0 aromatic carbocycles. The minimum atomic E-state index is 0.477. The molecule has 0 radical (unpaired) electrons. The highest BCUT2D eigenvalue weighted by atomic mass is 79.9. The molecule has 1 aliphatic rings. The normalized spacial score (nSPS) is 18.6. The number of nitrogens with one attached hydrogen (secondary N) is 1. The molecule has 2 rings (SSSR count). The van der Waals surface area contributed by atoms with Crippen molar-refractivity contribution in [2.75, 3.05) is 20.1 Å². The van der Waals surface area contributed by atoms with Crippen LogP contribution >= 0.6 is 27.3 Å². The first-order valence-electron chi connectivity index (χ1n) is 8.14. The van der Waals surface area contributed by atoms with E-state index in [0.29, 0.717) is 11.5 Å². The molecular formula is C17H29BrN2S. The Morgan fingerprint density at radius 3 is 2.62 bits per heavy atom. The topological polar surface area (TPSA) is 15.3 Å². The summed E-state index contributed by atoms with van der Waals surface area (Å²) in [6, 6.07) is 2.84. The molecule has 1 aliphatic carbocycles. The third-order valence-electron chi connectivity index (χ3n) is 4.48. The van der Waals surface area contributed by atoms with Crippen LogP contribution in [0.3, 0.4) is 0 Å². The highest BCUT2D eigenvalue weighted by Crippen LogP contribution is 2.37. The quantitative estimate of drug-likeness (QED) is 0.732. The van der Waals surface area contributed by atoms with E-state index in [4.69, 9.17) is 0 Å². The van der Waals surface area contributed by atoms with Gasteiger partial charge in [0.2, 0.25) is 0 Å². The molecule has 0 atom stereocenters. The summed E-state index contributed by atoms with van der Waals surface area (Å²) < 4.78 is 1.24. The standard InChI is InChI=1S/C17H29BrN2S/c1-14(2)19-12-17(7-5-4-6-8-17)13-20(3)10-15-9-16(18)21-11-15/h9,11,14,19H,4-8,10,12-13H2,1-3H3. The average Bonchev–Trinajstić information content (AvgIpc) is 2.83. The largest absolute Gasteiger partial charge is 0.314 e. The number of hydrogen-bond donors (Lipinski definition) is 1. The van der Waals surface area contributed by atoms with E-state index < -0.39 is 0 Å². The number of hydrogen-bond acceptors (Lipinski definition) is 3. The van der Waals surface area contributed by atoms with Gasteiger partial charge in [-0.25, -0.2) is 0 Å². The summed E-state index contributed by atoms with van der Waals surface area (Å²) in [7, 11) is 2.28. The summed E-state index contributed by atoms with van der Waals surface area (Å²) in [6.07, 6.45) is 6.98. The molecule has 1 fully saturated rings. The Balaban J connectivity index is 1.93. The van der Waals surface area contributed by atoms with Gasteiger partial charge in [0.1, 0.15) is 0 Å². The summed E-state index contributed by atoms with van der Waals surface area (Å²) >= 11 is 5.35. The van der Waals surface area contributed by atoms with Gasteiger partial charge < -0.3 is 10.2 Å². The summed E-state index contributed by atoms with van der Waals surface area (Å²) in [5.74, 6) is 0. The van der Waals surface area contributed by atoms with Gasteiger partial charge >= 0.3 is 0 Å². The van der Waals surface area contributed by atoms with Crippen LogP contribution in [-0.2, 0) is 6.54 Å². The fourth-order valence-corrected chi connectivity index (χ4v) is 4.68. The zero-order chi connectivity index (χ0) is 15.3. The lowest BCUT2D eigenvalue weighted by Crippen LogP contribution is -2.45. The second-order valence-corrected chi connectivity index (χ2v) is 9.32. The number of thiophene rings is 1. The summed E-state index contributed by atoms with van der Waals surface area (Å²) in [4.78, 5) is 2.52. The van der Waals surface area contributed by atoms with Gasteiger partial charge in [0.15, 0.2) is 0 Å². The van der Waals surface area contributed by atoms with Gasteiger partial charge in [0.25, 0.3) is 0 Å². The van der Waals surface area contributed by atoms with Crippen LogP contribution in [-0.4, -0.2) is 31.1 Å². The maximum atomic E-state index is 3.70. The highest BCUT2D eigenvalue weighted by molar-refractivity contribution is 9.11. The Bertz CT molecular complexity index is 424. The minimum absolute atomic E-state index is 0.477. The van der Waals surface area contributed by atoms with Gasteiger partial charge in [-0.3, -0.25) is 0 Å². The molecule has 4 heteroatoms. The van der Waals surface area contributed by atoms with Crippen LogP contribution in [0.5, 0.6) is 0 Å². The maximum Gasteiger partial charge on any atom is 0.0701 e. The first-order chi connectivity index (χ1) is 9.99. The molecule has 1 heterocycles. The third kappa shape index (κ3) is 5.66. The predicted octanol–water partition coefficient (Wildman–Crippen LogP) is 4.89. The Kier molecular flexibility index (Phi) is 6.73. The van der Waals surface area contributed by atoms with Crippen LogP contribution in [0.15, 0.2) is 15.2 Å². The predicted molar refractivity (Wildman–Crippen MR) is 97.0 cm³/mol. The summed E-state index contributed by atoms with van der Waals surface area (Å²) in [6.45, 7) is 7.94. The molecule has 0 spiro atoms. The molecule has 0 unspecified atom stereocenters. The number of rotatable bonds is 7. The fourth-order valence-electron chi connectivity index (χ4n) is 3.48. The molecule has 1 saturated carbocycles. The maximum absolute atomic E-state index is 3.70. The second-order valence-electron chi connectivity index (χ2n) is 7.03. The monoisotopic (exact) mass is 372 g/mol. The summed E-state index contributed by atoms with van der Waals surface area (Å²) in [5, 5.41) is 5.96.